The minimum atomic E-state index is -1.57. The first kappa shape index (κ1) is 13.5. The van der Waals surface area contributed by atoms with Crippen LogP contribution in [0.2, 0.25) is 0 Å². The summed E-state index contributed by atoms with van der Waals surface area (Å²) in [5.74, 6) is -0.902. The Hall–Kier alpha value is -2.44. The molecule has 104 valence electrons. The quantitative estimate of drug-likeness (QED) is 0.544. The maximum atomic E-state index is 12.6. The van der Waals surface area contributed by atoms with Crippen molar-refractivity contribution >= 4 is 30.6 Å². The van der Waals surface area contributed by atoms with E-state index in [-0.39, 0.29) is 24.3 Å². The van der Waals surface area contributed by atoms with Gasteiger partial charge in [0.1, 0.15) is 7.85 Å². The Balaban J connectivity index is 2.20. The van der Waals surface area contributed by atoms with Crippen molar-refractivity contribution in [1.29, 1.82) is 0 Å². The molecule has 6 nitrogen and oxygen atoms in total. The number of benzene rings is 1. The van der Waals surface area contributed by atoms with Gasteiger partial charge in [-0.05, 0) is 18.6 Å². The molecule has 0 aliphatic carbocycles. The number of carbonyl (C=O) groups is 2. The SMILES string of the molecule is [B][C@]1(n2cnc3ccccc3c2=O)CCC(=O)N(C)C1=O. The average molecular weight is 281 g/mol. The van der Waals surface area contributed by atoms with Crippen LogP contribution in [0.5, 0.6) is 0 Å². The lowest BCUT2D eigenvalue weighted by atomic mass is 9.70. The van der Waals surface area contributed by atoms with Crippen LogP contribution in [-0.4, -0.2) is 41.2 Å². The van der Waals surface area contributed by atoms with Crippen LogP contribution in [0.25, 0.3) is 10.9 Å². The van der Waals surface area contributed by atoms with Gasteiger partial charge in [0, 0.05) is 13.5 Å². The first-order valence-corrected chi connectivity index (χ1v) is 6.52. The molecule has 0 bridgehead atoms. The summed E-state index contributed by atoms with van der Waals surface area (Å²) >= 11 is 0. The molecule has 0 saturated carbocycles. The number of amides is 2. The molecule has 1 fully saturated rings. The zero-order valence-corrected chi connectivity index (χ0v) is 11.4. The highest BCUT2D eigenvalue weighted by molar-refractivity contribution is 6.28. The van der Waals surface area contributed by atoms with Crippen LogP contribution in [0.4, 0.5) is 0 Å². The summed E-state index contributed by atoms with van der Waals surface area (Å²) in [7, 11) is 7.51. The predicted octanol–water partition coefficient (Wildman–Crippen LogP) is -0.00340. The summed E-state index contributed by atoms with van der Waals surface area (Å²) in [5, 5.41) is 0.386. The number of nitrogens with zero attached hydrogens (tertiary/aromatic N) is 3. The molecule has 2 heterocycles. The molecule has 0 N–H and O–H groups in total. The molecule has 0 unspecified atom stereocenters. The van der Waals surface area contributed by atoms with Crippen LogP contribution in [0.1, 0.15) is 12.8 Å². The van der Waals surface area contributed by atoms with E-state index >= 15 is 0 Å². The fraction of sp³-hybridized carbons (Fsp3) is 0.286. The second-order valence-corrected chi connectivity index (χ2v) is 5.12. The van der Waals surface area contributed by atoms with Crippen molar-refractivity contribution in [1.82, 2.24) is 14.5 Å². The summed E-state index contributed by atoms with van der Waals surface area (Å²) < 4.78 is 1.13. The van der Waals surface area contributed by atoms with E-state index in [4.69, 9.17) is 7.85 Å². The van der Waals surface area contributed by atoms with E-state index in [1.807, 2.05) is 0 Å². The second kappa shape index (κ2) is 4.54. The molecular weight excluding hydrogens is 269 g/mol. The molecule has 3 rings (SSSR count). The molecule has 1 aromatic carbocycles. The third-order valence-corrected chi connectivity index (χ3v) is 3.86. The highest BCUT2D eigenvalue weighted by atomic mass is 16.2. The predicted molar refractivity (Wildman–Crippen MR) is 76.7 cm³/mol. The van der Waals surface area contributed by atoms with Crippen molar-refractivity contribution in [2.24, 2.45) is 0 Å². The van der Waals surface area contributed by atoms with Gasteiger partial charge in [0.15, 0.2) is 0 Å². The van der Waals surface area contributed by atoms with Crippen molar-refractivity contribution in [2.75, 3.05) is 7.05 Å². The van der Waals surface area contributed by atoms with Crippen LogP contribution in [0.15, 0.2) is 35.4 Å². The summed E-state index contributed by atoms with van der Waals surface area (Å²) in [6.45, 7) is 0. The average Bonchev–Trinajstić information content (AvgIpc) is 2.50. The molecule has 21 heavy (non-hydrogen) atoms. The lowest BCUT2D eigenvalue weighted by Gasteiger charge is -2.38. The number of imide groups is 1. The molecule has 2 aromatic rings. The van der Waals surface area contributed by atoms with Gasteiger partial charge in [-0.15, -0.1) is 0 Å². The molecule has 2 radical (unpaired) electrons. The Morgan fingerprint density at radius 3 is 2.71 bits per heavy atom. The van der Waals surface area contributed by atoms with Gasteiger partial charge in [0.2, 0.25) is 11.8 Å². The van der Waals surface area contributed by atoms with Crippen molar-refractivity contribution in [3.8, 4) is 0 Å². The zero-order valence-electron chi connectivity index (χ0n) is 11.4. The van der Waals surface area contributed by atoms with Gasteiger partial charge in [-0.2, -0.15) is 0 Å². The van der Waals surface area contributed by atoms with Crippen LogP contribution >= 0.6 is 0 Å². The van der Waals surface area contributed by atoms with Gasteiger partial charge < -0.3 is 0 Å². The molecule has 1 aliphatic rings. The van der Waals surface area contributed by atoms with E-state index < -0.39 is 11.3 Å². The number of hydrogen-bond donors (Lipinski definition) is 0. The number of piperidine rings is 1. The number of rotatable bonds is 1. The molecule has 1 aromatic heterocycles. The lowest BCUT2D eigenvalue weighted by Crippen LogP contribution is -2.58. The Morgan fingerprint density at radius 2 is 1.95 bits per heavy atom. The van der Waals surface area contributed by atoms with Crippen molar-refractivity contribution in [3.05, 3.63) is 40.9 Å². The molecule has 7 heteroatoms. The maximum Gasteiger partial charge on any atom is 0.261 e. The second-order valence-electron chi connectivity index (χ2n) is 5.12. The van der Waals surface area contributed by atoms with Crippen LogP contribution < -0.4 is 5.56 Å². The van der Waals surface area contributed by atoms with Crippen molar-refractivity contribution in [2.45, 2.75) is 18.3 Å². The molecule has 0 spiro atoms. The fourth-order valence-corrected chi connectivity index (χ4v) is 2.55. The zero-order chi connectivity index (χ0) is 15.2. The first-order valence-electron chi connectivity index (χ1n) is 6.52. The van der Waals surface area contributed by atoms with E-state index in [1.165, 1.54) is 13.4 Å². The maximum absolute atomic E-state index is 12.6. The number of likely N-dealkylation sites (tertiary alicyclic amines) is 1. The van der Waals surface area contributed by atoms with Gasteiger partial charge in [-0.3, -0.25) is 23.9 Å². The number of para-hydroxylation sites is 1. The minimum Gasteiger partial charge on any atom is -0.293 e. The Labute approximate surface area is 121 Å². The van der Waals surface area contributed by atoms with E-state index in [1.54, 1.807) is 24.3 Å². The number of aromatic nitrogens is 2. The number of fused-ring (bicyclic) bond motifs is 1. The van der Waals surface area contributed by atoms with E-state index in [2.05, 4.69) is 4.98 Å². The summed E-state index contributed by atoms with van der Waals surface area (Å²) in [6.07, 6.45) is 1.46. The largest absolute Gasteiger partial charge is 0.293 e. The third-order valence-electron chi connectivity index (χ3n) is 3.86. The highest BCUT2D eigenvalue weighted by Crippen LogP contribution is 2.26. The standard InChI is InChI=1S/C14H12BN3O3/c1-17-11(19)6-7-14(15,13(17)21)18-8-16-10-5-3-2-4-9(10)12(18)20/h2-5,8H,6-7H2,1H3/t14-/m0/s1. The van der Waals surface area contributed by atoms with Gasteiger partial charge in [-0.25, -0.2) is 4.98 Å². The van der Waals surface area contributed by atoms with E-state index in [0.717, 1.165) is 9.47 Å². The topological polar surface area (TPSA) is 72.3 Å². The number of hydrogen-bond acceptors (Lipinski definition) is 4. The van der Waals surface area contributed by atoms with Crippen LogP contribution in [0.3, 0.4) is 0 Å². The normalized spacial score (nSPS) is 22.8. The Morgan fingerprint density at radius 1 is 1.24 bits per heavy atom. The fourth-order valence-electron chi connectivity index (χ4n) is 2.55. The molecule has 1 saturated heterocycles. The summed E-state index contributed by atoms with van der Waals surface area (Å²) in [6, 6.07) is 6.84. The van der Waals surface area contributed by atoms with Crippen molar-refractivity contribution < 1.29 is 9.59 Å². The molecule has 1 aliphatic heterocycles. The molecule has 1 atom stereocenters. The van der Waals surface area contributed by atoms with Gasteiger partial charge >= 0.3 is 0 Å². The summed E-state index contributed by atoms with van der Waals surface area (Å²) in [4.78, 5) is 41.6. The smallest absolute Gasteiger partial charge is 0.261 e. The van der Waals surface area contributed by atoms with Gasteiger partial charge in [-0.1, -0.05) is 12.1 Å². The minimum absolute atomic E-state index is 0.0783. The van der Waals surface area contributed by atoms with Crippen LogP contribution in [-0.2, 0) is 15.0 Å². The summed E-state index contributed by atoms with van der Waals surface area (Å²) in [5.41, 5.74) is -1.43. The molecular formula is C14H12BN3O3. The Bertz CT molecular complexity index is 816. The highest BCUT2D eigenvalue weighted by Gasteiger charge is 2.43. The number of likely N-dealkylation sites (N-methyl/N-ethyl adjacent to an activating group) is 1. The Kier molecular flexibility index (Phi) is 2.93. The monoisotopic (exact) mass is 281 g/mol. The lowest BCUT2D eigenvalue weighted by molar-refractivity contribution is -0.151. The van der Waals surface area contributed by atoms with Gasteiger partial charge in [0.25, 0.3) is 5.56 Å². The third kappa shape index (κ3) is 1.88. The molecule has 2 amide bonds. The van der Waals surface area contributed by atoms with E-state index in [9.17, 15) is 14.4 Å². The number of carbonyl (C=O) groups excluding carboxylic acids is 2. The van der Waals surface area contributed by atoms with E-state index in [0.29, 0.717) is 10.9 Å². The van der Waals surface area contributed by atoms with Crippen LogP contribution in [0, 0.1) is 0 Å². The first-order chi connectivity index (χ1) is 9.95. The van der Waals surface area contributed by atoms with Crippen molar-refractivity contribution in [3.63, 3.8) is 0 Å². The van der Waals surface area contributed by atoms with Gasteiger partial charge in [0.05, 0.1) is 22.7 Å².